The lowest BCUT2D eigenvalue weighted by atomic mass is 10.3. The molecule has 0 spiro atoms. The molecule has 0 saturated heterocycles. The van der Waals surface area contributed by atoms with E-state index in [0.29, 0.717) is 0 Å². The molecule has 0 atom stereocenters. The van der Waals surface area contributed by atoms with Crippen molar-refractivity contribution in [2.75, 3.05) is 11.9 Å². The van der Waals surface area contributed by atoms with Gasteiger partial charge in [-0.15, -0.1) is 11.8 Å². The Labute approximate surface area is 121 Å². The van der Waals surface area contributed by atoms with E-state index >= 15 is 0 Å². The van der Waals surface area contributed by atoms with Crippen LogP contribution in [0.3, 0.4) is 0 Å². The first-order valence-electron chi connectivity index (χ1n) is 7.52. The standard InChI is InChI=1S/C15H25N3S/c1-4-8-13-17-14(16-5-2)11(3)15(18-13)19-12-9-6-7-10-12/h12H,4-10H2,1-3H3,(H,16,17,18). The van der Waals surface area contributed by atoms with Crippen LogP contribution in [0.5, 0.6) is 0 Å². The molecule has 1 N–H and O–H groups in total. The number of nitrogens with zero attached hydrogens (tertiary/aromatic N) is 2. The number of aromatic nitrogens is 2. The summed E-state index contributed by atoms with van der Waals surface area (Å²) in [5.41, 5.74) is 1.22. The number of thioether (sulfide) groups is 1. The van der Waals surface area contributed by atoms with Gasteiger partial charge in [-0.05, 0) is 33.1 Å². The van der Waals surface area contributed by atoms with Gasteiger partial charge < -0.3 is 5.32 Å². The van der Waals surface area contributed by atoms with Crippen LogP contribution in [0.1, 0.15) is 57.3 Å². The Morgan fingerprint density at radius 1 is 1.21 bits per heavy atom. The SMILES string of the molecule is CCCc1nc(NCC)c(C)c(SC2CCCC2)n1. The normalized spacial score (nSPS) is 15.9. The minimum atomic E-state index is 0.762. The lowest BCUT2D eigenvalue weighted by Crippen LogP contribution is -2.08. The zero-order chi connectivity index (χ0) is 13.7. The Bertz CT molecular complexity index is 414. The highest BCUT2D eigenvalue weighted by Gasteiger charge is 2.19. The van der Waals surface area contributed by atoms with Crippen molar-refractivity contribution in [3.05, 3.63) is 11.4 Å². The van der Waals surface area contributed by atoms with Crippen molar-refractivity contribution in [2.45, 2.75) is 69.6 Å². The second kappa shape index (κ2) is 7.13. The van der Waals surface area contributed by atoms with Crippen LogP contribution in [0, 0.1) is 6.92 Å². The molecule has 0 aliphatic heterocycles. The maximum absolute atomic E-state index is 4.78. The van der Waals surface area contributed by atoms with Gasteiger partial charge in [0.05, 0.1) is 0 Å². The molecule has 1 aromatic rings. The fourth-order valence-corrected chi connectivity index (χ4v) is 3.81. The molecule has 0 bridgehead atoms. The first kappa shape index (κ1) is 14.6. The first-order chi connectivity index (χ1) is 9.24. The van der Waals surface area contributed by atoms with Crippen LogP contribution < -0.4 is 5.32 Å². The van der Waals surface area contributed by atoms with Crippen molar-refractivity contribution in [1.29, 1.82) is 0 Å². The van der Waals surface area contributed by atoms with E-state index in [0.717, 1.165) is 36.3 Å². The van der Waals surface area contributed by atoms with Crippen LogP contribution in [0.15, 0.2) is 5.03 Å². The lowest BCUT2D eigenvalue weighted by molar-refractivity contribution is 0.798. The summed E-state index contributed by atoms with van der Waals surface area (Å²) in [5.74, 6) is 2.02. The van der Waals surface area contributed by atoms with Crippen molar-refractivity contribution in [3.8, 4) is 0 Å². The fraction of sp³-hybridized carbons (Fsp3) is 0.733. The number of hydrogen-bond acceptors (Lipinski definition) is 4. The summed E-state index contributed by atoms with van der Waals surface area (Å²) in [6.45, 7) is 7.35. The van der Waals surface area contributed by atoms with Gasteiger partial charge in [-0.25, -0.2) is 9.97 Å². The Hall–Kier alpha value is -0.770. The van der Waals surface area contributed by atoms with Crippen LogP contribution in [-0.4, -0.2) is 21.8 Å². The van der Waals surface area contributed by atoms with Crippen molar-refractivity contribution in [2.24, 2.45) is 0 Å². The van der Waals surface area contributed by atoms with Crippen LogP contribution in [-0.2, 0) is 6.42 Å². The maximum atomic E-state index is 4.78. The topological polar surface area (TPSA) is 37.8 Å². The molecule has 0 unspecified atom stereocenters. The second-order valence-electron chi connectivity index (χ2n) is 5.22. The van der Waals surface area contributed by atoms with E-state index in [1.54, 1.807) is 0 Å². The van der Waals surface area contributed by atoms with E-state index in [2.05, 4.69) is 31.1 Å². The van der Waals surface area contributed by atoms with Crippen molar-refractivity contribution in [1.82, 2.24) is 9.97 Å². The number of hydrogen-bond donors (Lipinski definition) is 1. The van der Waals surface area contributed by atoms with Crippen LogP contribution in [0.4, 0.5) is 5.82 Å². The third-order valence-electron chi connectivity index (χ3n) is 3.55. The molecule has 1 fully saturated rings. The van der Waals surface area contributed by atoms with E-state index in [4.69, 9.17) is 4.98 Å². The van der Waals surface area contributed by atoms with Crippen molar-refractivity contribution < 1.29 is 0 Å². The minimum Gasteiger partial charge on any atom is -0.370 e. The Balaban J connectivity index is 2.22. The third-order valence-corrected chi connectivity index (χ3v) is 4.97. The number of nitrogens with one attached hydrogen (secondary N) is 1. The van der Waals surface area contributed by atoms with Gasteiger partial charge >= 0.3 is 0 Å². The summed E-state index contributed by atoms with van der Waals surface area (Å²) in [7, 11) is 0. The number of aryl methyl sites for hydroxylation is 1. The molecular formula is C15H25N3S. The summed E-state index contributed by atoms with van der Waals surface area (Å²) in [6.07, 6.45) is 7.51. The van der Waals surface area contributed by atoms with E-state index in [1.165, 1.54) is 36.3 Å². The second-order valence-corrected chi connectivity index (χ2v) is 6.51. The third kappa shape index (κ3) is 3.85. The summed E-state index contributed by atoms with van der Waals surface area (Å²) < 4.78 is 0. The Morgan fingerprint density at radius 3 is 2.58 bits per heavy atom. The van der Waals surface area contributed by atoms with Crippen molar-refractivity contribution >= 4 is 17.6 Å². The zero-order valence-electron chi connectivity index (χ0n) is 12.3. The average molecular weight is 279 g/mol. The largest absolute Gasteiger partial charge is 0.370 e. The van der Waals surface area contributed by atoms with Crippen LogP contribution in [0.25, 0.3) is 0 Å². The summed E-state index contributed by atoms with van der Waals surface area (Å²) in [4.78, 5) is 9.43. The molecule has 1 heterocycles. The Morgan fingerprint density at radius 2 is 1.95 bits per heavy atom. The molecule has 1 saturated carbocycles. The molecule has 0 aromatic carbocycles. The van der Waals surface area contributed by atoms with E-state index in [-0.39, 0.29) is 0 Å². The maximum Gasteiger partial charge on any atom is 0.133 e. The Kier molecular flexibility index (Phi) is 5.49. The molecule has 1 aromatic heterocycles. The molecule has 1 aliphatic rings. The van der Waals surface area contributed by atoms with E-state index in [1.807, 2.05) is 11.8 Å². The van der Waals surface area contributed by atoms with E-state index < -0.39 is 0 Å². The van der Waals surface area contributed by atoms with Gasteiger partial charge in [0.25, 0.3) is 0 Å². The summed E-state index contributed by atoms with van der Waals surface area (Å²) >= 11 is 1.97. The first-order valence-corrected chi connectivity index (χ1v) is 8.40. The van der Waals surface area contributed by atoms with Gasteiger partial charge in [0.15, 0.2) is 0 Å². The van der Waals surface area contributed by atoms with Gasteiger partial charge in [-0.1, -0.05) is 19.8 Å². The molecule has 106 valence electrons. The van der Waals surface area contributed by atoms with Gasteiger partial charge in [-0.2, -0.15) is 0 Å². The molecule has 0 amide bonds. The van der Waals surface area contributed by atoms with Gasteiger partial charge in [-0.3, -0.25) is 0 Å². The lowest BCUT2D eigenvalue weighted by Gasteiger charge is -2.15. The van der Waals surface area contributed by atoms with Crippen LogP contribution in [0.2, 0.25) is 0 Å². The smallest absolute Gasteiger partial charge is 0.133 e. The minimum absolute atomic E-state index is 0.762. The molecular weight excluding hydrogens is 254 g/mol. The molecule has 19 heavy (non-hydrogen) atoms. The molecule has 1 aliphatic carbocycles. The molecule has 2 rings (SSSR count). The zero-order valence-corrected chi connectivity index (χ0v) is 13.1. The number of anilines is 1. The average Bonchev–Trinajstić information content (AvgIpc) is 2.88. The highest BCUT2D eigenvalue weighted by Crippen LogP contribution is 2.36. The summed E-state index contributed by atoms with van der Waals surface area (Å²) in [6, 6.07) is 0. The summed E-state index contributed by atoms with van der Waals surface area (Å²) in [5, 5.41) is 5.33. The van der Waals surface area contributed by atoms with Gasteiger partial charge in [0.2, 0.25) is 0 Å². The highest BCUT2D eigenvalue weighted by atomic mass is 32.2. The van der Waals surface area contributed by atoms with Crippen LogP contribution >= 0.6 is 11.8 Å². The molecule has 0 radical (unpaired) electrons. The van der Waals surface area contributed by atoms with Gasteiger partial charge in [0, 0.05) is 23.8 Å². The quantitative estimate of drug-likeness (QED) is 0.792. The van der Waals surface area contributed by atoms with Gasteiger partial charge in [0.1, 0.15) is 16.7 Å². The monoisotopic (exact) mass is 279 g/mol. The number of rotatable bonds is 6. The van der Waals surface area contributed by atoms with Crippen molar-refractivity contribution in [3.63, 3.8) is 0 Å². The predicted octanol–water partition coefficient (Wildman–Crippen LogP) is 4.20. The van der Waals surface area contributed by atoms with E-state index in [9.17, 15) is 0 Å². The highest BCUT2D eigenvalue weighted by molar-refractivity contribution is 7.99. The fourth-order valence-electron chi connectivity index (χ4n) is 2.49. The molecule has 3 nitrogen and oxygen atoms in total. The predicted molar refractivity (Wildman–Crippen MR) is 83.0 cm³/mol. The molecule has 4 heteroatoms.